The molecule has 1 amide bonds. The largest absolute Gasteiger partial charge is 0.277 e. The summed E-state index contributed by atoms with van der Waals surface area (Å²) in [7, 11) is 0. The summed E-state index contributed by atoms with van der Waals surface area (Å²) in [6.45, 7) is 2.22. The zero-order valence-electron chi connectivity index (χ0n) is 12.5. The SMILES string of the molecule is CCCCCCCC1=CC(=O)N(c2ccccc2)/C1=C\Br. The van der Waals surface area contributed by atoms with Gasteiger partial charge >= 0.3 is 0 Å². The molecular formula is C18H22BrNO. The lowest BCUT2D eigenvalue weighted by molar-refractivity contribution is -0.113. The zero-order valence-corrected chi connectivity index (χ0v) is 14.1. The van der Waals surface area contributed by atoms with E-state index >= 15 is 0 Å². The van der Waals surface area contributed by atoms with Crippen LogP contribution in [0.1, 0.15) is 45.4 Å². The van der Waals surface area contributed by atoms with Crippen molar-refractivity contribution in [1.29, 1.82) is 0 Å². The minimum atomic E-state index is 0.0514. The Morgan fingerprint density at radius 1 is 1.10 bits per heavy atom. The molecule has 0 saturated carbocycles. The van der Waals surface area contributed by atoms with E-state index in [-0.39, 0.29) is 5.91 Å². The first-order chi connectivity index (χ1) is 10.3. The number of hydrogen-bond acceptors (Lipinski definition) is 1. The highest BCUT2D eigenvalue weighted by Crippen LogP contribution is 2.33. The molecule has 0 N–H and O–H groups in total. The van der Waals surface area contributed by atoms with Crippen LogP contribution in [-0.4, -0.2) is 5.91 Å². The van der Waals surface area contributed by atoms with Crippen LogP contribution in [0.3, 0.4) is 0 Å². The Hall–Kier alpha value is -1.35. The Kier molecular flexibility index (Phi) is 6.24. The second-order valence-electron chi connectivity index (χ2n) is 5.34. The number of amides is 1. The van der Waals surface area contributed by atoms with Gasteiger partial charge in [-0.3, -0.25) is 9.69 Å². The number of unbranched alkanes of at least 4 members (excludes halogenated alkanes) is 4. The molecule has 1 aromatic carbocycles. The number of allylic oxidation sites excluding steroid dienone is 1. The number of nitrogens with zero attached hydrogens (tertiary/aromatic N) is 1. The summed E-state index contributed by atoms with van der Waals surface area (Å²) in [6.07, 6.45) is 8.97. The fourth-order valence-electron chi connectivity index (χ4n) is 2.63. The number of hydrogen-bond donors (Lipinski definition) is 0. The van der Waals surface area contributed by atoms with E-state index in [4.69, 9.17) is 0 Å². The van der Waals surface area contributed by atoms with Crippen molar-refractivity contribution in [2.24, 2.45) is 0 Å². The van der Waals surface area contributed by atoms with E-state index in [1.54, 1.807) is 11.0 Å². The van der Waals surface area contributed by atoms with Gasteiger partial charge in [0, 0.05) is 16.7 Å². The van der Waals surface area contributed by atoms with Gasteiger partial charge in [0.05, 0.1) is 5.70 Å². The molecule has 0 atom stereocenters. The van der Waals surface area contributed by atoms with Gasteiger partial charge in [-0.1, -0.05) is 66.7 Å². The molecule has 1 heterocycles. The van der Waals surface area contributed by atoms with Crippen LogP contribution in [0.2, 0.25) is 0 Å². The topological polar surface area (TPSA) is 20.3 Å². The molecule has 112 valence electrons. The number of carbonyl (C=O) groups is 1. The normalized spacial score (nSPS) is 16.7. The van der Waals surface area contributed by atoms with Gasteiger partial charge < -0.3 is 0 Å². The minimum absolute atomic E-state index is 0.0514. The van der Waals surface area contributed by atoms with E-state index in [1.807, 2.05) is 35.3 Å². The van der Waals surface area contributed by atoms with Crippen molar-refractivity contribution in [2.45, 2.75) is 45.4 Å². The first kappa shape index (κ1) is 16.0. The molecule has 2 rings (SSSR count). The summed E-state index contributed by atoms with van der Waals surface area (Å²) < 4.78 is 0. The smallest absolute Gasteiger partial charge is 0.255 e. The molecular weight excluding hydrogens is 326 g/mol. The van der Waals surface area contributed by atoms with Crippen LogP contribution in [-0.2, 0) is 4.79 Å². The molecule has 0 aromatic heterocycles. The average Bonchev–Trinajstić information content (AvgIpc) is 2.83. The summed E-state index contributed by atoms with van der Waals surface area (Å²) >= 11 is 3.42. The van der Waals surface area contributed by atoms with Crippen molar-refractivity contribution in [3.63, 3.8) is 0 Å². The van der Waals surface area contributed by atoms with Gasteiger partial charge in [-0.15, -0.1) is 0 Å². The zero-order chi connectivity index (χ0) is 15.1. The van der Waals surface area contributed by atoms with Gasteiger partial charge in [0.2, 0.25) is 0 Å². The Bertz CT molecular complexity index is 533. The Labute approximate surface area is 135 Å². The average molecular weight is 348 g/mol. The first-order valence-electron chi connectivity index (χ1n) is 7.68. The standard InChI is InChI=1S/C18H22BrNO/c1-2-3-4-5-7-10-15-13-18(21)20(17(15)14-19)16-11-8-6-9-12-16/h6,8-9,11-14H,2-5,7,10H2,1H3/b17-14-. The van der Waals surface area contributed by atoms with Crippen molar-refractivity contribution in [3.05, 3.63) is 52.7 Å². The predicted octanol–water partition coefficient (Wildman–Crippen LogP) is 5.56. The van der Waals surface area contributed by atoms with Crippen molar-refractivity contribution in [1.82, 2.24) is 0 Å². The van der Waals surface area contributed by atoms with E-state index in [1.165, 1.54) is 25.7 Å². The third kappa shape index (κ3) is 4.07. The van der Waals surface area contributed by atoms with Crippen molar-refractivity contribution in [2.75, 3.05) is 4.90 Å². The van der Waals surface area contributed by atoms with E-state index in [0.29, 0.717) is 0 Å². The Morgan fingerprint density at radius 2 is 1.81 bits per heavy atom. The fraction of sp³-hybridized carbons (Fsp3) is 0.389. The fourth-order valence-corrected chi connectivity index (χ4v) is 3.13. The second-order valence-corrected chi connectivity index (χ2v) is 5.80. The Balaban J connectivity index is 2.01. The first-order valence-corrected chi connectivity index (χ1v) is 8.60. The maximum Gasteiger partial charge on any atom is 0.255 e. The summed E-state index contributed by atoms with van der Waals surface area (Å²) in [5, 5.41) is 0. The van der Waals surface area contributed by atoms with E-state index in [0.717, 1.165) is 29.8 Å². The molecule has 0 spiro atoms. The molecule has 0 bridgehead atoms. The lowest BCUT2D eigenvalue weighted by atomic mass is 10.0. The maximum absolute atomic E-state index is 12.3. The van der Waals surface area contributed by atoms with Gasteiger partial charge in [0.1, 0.15) is 0 Å². The number of para-hydroxylation sites is 1. The van der Waals surface area contributed by atoms with Gasteiger partial charge in [-0.25, -0.2) is 0 Å². The van der Waals surface area contributed by atoms with Crippen LogP contribution in [0.5, 0.6) is 0 Å². The van der Waals surface area contributed by atoms with Gasteiger partial charge in [-0.2, -0.15) is 0 Å². The Morgan fingerprint density at radius 3 is 2.48 bits per heavy atom. The van der Waals surface area contributed by atoms with Crippen LogP contribution in [0, 0.1) is 0 Å². The molecule has 0 aliphatic carbocycles. The third-order valence-electron chi connectivity index (χ3n) is 3.76. The van der Waals surface area contributed by atoms with E-state index < -0.39 is 0 Å². The number of anilines is 1. The highest BCUT2D eigenvalue weighted by atomic mass is 79.9. The van der Waals surface area contributed by atoms with Crippen molar-refractivity contribution >= 4 is 27.5 Å². The second kappa shape index (κ2) is 8.18. The van der Waals surface area contributed by atoms with E-state index in [2.05, 4.69) is 22.9 Å². The highest BCUT2D eigenvalue weighted by Gasteiger charge is 2.27. The lowest BCUT2D eigenvalue weighted by Crippen LogP contribution is -2.23. The molecule has 0 unspecified atom stereocenters. The number of carbonyl (C=O) groups excluding carboxylic acids is 1. The molecule has 0 radical (unpaired) electrons. The molecule has 2 nitrogen and oxygen atoms in total. The summed E-state index contributed by atoms with van der Waals surface area (Å²) in [6, 6.07) is 9.80. The molecule has 21 heavy (non-hydrogen) atoms. The lowest BCUT2D eigenvalue weighted by Gasteiger charge is -2.19. The molecule has 1 aliphatic heterocycles. The molecule has 3 heteroatoms. The molecule has 1 aromatic rings. The quantitative estimate of drug-likeness (QED) is 0.591. The number of rotatable bonds is 7. The molecule has 0 saturated heterocycles. The number of halogens is 1. The molecule has 0 fully saturated rings. The summed E-state index contributed by atoms with van der Waals surface area (Å²) in [5.41, 5.74) is 3.03. The van der Waals surface area contributed by atoms with Crippen molar-refractivity contribution < 1.29 is 4.79 Å². The van der Waals surface area contributed by atoms with Crippen LogP contribution < -0.4 is 4.90 Å². The third-order valence-corrected chi connectivity index (χ3v) is 4.19. The van der Waals surface area contributed by atoms with Crippen LogP contribution >= 0.6 is 15.9 Å². The van der Waals surface area contributed by atoms with E-state index in [9.17, 15) is 4.79 Å². The van der Waals surface area contributed by atoms with Crippen LogP contribution in [0.4, 0.5) is 5.69 Å². The summed E-state index contributed by atoms with van der Waals surface area (Å²) in [4.78, 5) is 15.9. The van der Waals surface area contributed by atoms with Crippen LogP contribution in [0.15, 0.2) is 52.7 Å². The predicted molar refractivity (Wildman–Crippen MR) is 92.4 cm³/mol. The summed E-state index contributed by atoms with van der Waals surface area (Å²) in [5.74, 6) is 0.0514. The number of benzene rings is 1. The van der Waals surface area contributed by atoms with Gasteiger partial charge in [-0.05, 0) is 30.5 Å². The maximum atomic E-state index is 12.3. The monoisotopic (exact) mass is 347 g/mol. The minimum Gasteiger partial charge on any atom is -0.277 e. The van der Waals surface area contributed by atoms with Crippen molar-refractivity contribution in [3.8, 4) is 0 Å². The molecule has 1 aliphatic rings. The van der Waals surface area contributed by atoms with Gasteiger partial charge in [0.25, 0.3) is 5.91 Å². The highest BCUT2D eigenvalue weighted by molar-refractivity contribution is 9.11. The van der Waals surface area contributed by atoms with Gasteiger partial charge in [0.15, 0.2) is 0 Å². The van der Waals surface area contributed by atoms with Crippen LogP contribution in [0.25, 0.3) is 0 Å².